The number of carbonyl (C=O) groups excluding carboxylic acids is 1. The first kappa shape index (κ1) is 16.4. The van der Waals surface area contributed by atoms with Gasteiger partial charge in [0.25, 0.3) is 5.91 Å². The highest BCUT2D eigenvalue weighted by atomic mass is 16.2. The summed E-state index contributed by atoms with van der Waals surface area (Å²) in [5, 5.41) is 3.16. The molecule has 1 aliphatic heterocycles. The Kier molecular flexibility index (Phi) is 5.08. The van der Waals surface area contributed by atoms with Crippen molar-refractivity contribution in [2.45, 2.75) is 45.6 Å². The van der Waals surface area contributed by atoms with Crippen LogP contribution >= 0.6 is 0 Å². The second-order valence-corrected chi connectivity index (χ2v) is 6.35. The van der Waals surface area contributed by atoms with Crippen molar-refractivity contribution in [3.63, 3.8) is 0 Å². The number of carbonyl (C=O) groups is 1. The molecule has 1 N–H and O–H groups in total. The Morgan fingerprint density at radius 2 is 2.08 bits per heavy atom. The summed E-state index contributed by atoms with van der Waals surface area (Å²) in [6.07, 6.45) is 7.62. The van der Waals surface area contributed by atoms with Gasteiger partial charge in [0.2, 0.25) is 5.95 Å². The van der Waals surface area contributed by atoms with Crippen LogP contribution in [0, 0.1) is 6.92 Å². The second-order valence-electron chi connectivity index (χ2n) is 6.35. The van der Waals surface area contributed by atoms with Crippen molar-refractivity contribution in [3.8, 4) is 0 Å². The van der Waals surface area contributed by atoms with Gasteiger partial charge < -0.3 is 10.2 Å². The molecule has 0 bridgehead atoms. The minimum absolute atomic E-state index is 0.0451. The molecule has 0 saturated carbocycles. The van der Waals surface area contributed by atoms with Gasteiger partial charge in [0.15, 0.2) is 0 Å². The molecule has 2 aromatic rings. The number of hydrogen-bond donors (Lipinski definition) is 1. The maximum atomic E-state index is 12.7. The Bertz CT molecular complexity index is 699. The summed E-state index contributed by atoms with van der Waals surface area (Å²) in [5.74, 6) is 0.548. The summed E-state index contributed by atoms with van der Waals surface area (Å²) in [7, 11) is 0. The highest BCUT2D eigenvalue weighted by molar-refractivity contribution is 5.94. The molecule has 1 aliphatic rings. The van der Waals surface area contributed by atoms with Crippen LogP contribution in [0.2, 0.25) is 0 Å². The Labute approximate surface area is 143 Å². The van der Waals surface area contributed by atoms with Crippen LogP contribution in [0.3, 0.4) is 0 Å². The van der Waals surface area contributed by atoms with Crippen LogP contribution in [-0.2, 0) is 0 Å². The zero-order chi connectivity index (χ0) is 16.9. The number of piperidine rings is 1. The minimum atomic E-state index is 0.0451. The molecule has 1 fully saturated rings. The average molecular weight is 324 g/mol. The van der Waals surface area contributed by atoms with Crippen LogP contribution in [0.4, 0.5) is 11.6 Å². The molecule has 5 heteroatoms. The predicted octanol–water partition coefficient (Wildman–Crippen LogP) is 3.93. The predicted molar refractivity (Wildman–Crippen MR) is 95.5 cm³/mol. The Balaban J connectivity index is 1.70. The molecule has 0 aliphatic carbocycles. The molecule has 1 amide bonds. The molecule has 0 radical (unpaired) electrons. The third kappa shape index (κ3) is 3.72. The molecule has 0 spiro atoms. The molecular formula is C19H24N4O. The molecule has 3 rings (SSSR count). The quantitative estimate of drug-likeness (QED) is 0.925. The number of anilines is 2. The molecule has 24 heavy (non-hydrogen) atoms. The van der Waals surface area contributed by atoms with Gasteiger partial charge in [-0.3, -0.25) is 4.79 Å². The number of aromatic nitrogens is 2. The van der Waals surface area contributed by atoms with Crippen molar-refractivity contribution in [2.75, 3.05) is 11.9 Å². The molecule has 1 aromatic heterocycles. The summed E-state index contributed by atoms with van der Waals surface area (Å²) >= 11 is 0. The Hall–Kier alpha value is -2.43. The van der Waals surface area contributed by atoms with E-state index in [1.54, 1.807) is 12.4 Å². The van der Waals surface area contributed by atoms with Gasteiger partial charge in [-0.25, -0.2) is 9.97 Å². The smallest absolute Gasteiger partial charge is 0.257 e. The van der Waals surface area contributed by atoms with Crippen LogP contribution < -0.4 is 5.32 Å². The summed E-state index contributed by atoms with van der Waals surface area (Å²) in [4.78, 5) is 23.3. The molecule has 1 saturated heterocycles. The topological polar surface area (TPSA) is 58.1 Å². The molecule has 5 nitrogen and oxygen atoms in total. The molecular weight excluding hydrogens is 300 g/mol. The van der Waals surface area contributed by atoms with Crippen molar-refractivity contribution in [2.24, 2.45) is 0 Å². The fourth-order valence-electron chi connectivity index (χ4n) is 3.21. The maximum absolute atomic E-state index is 12.7. The number of amides is 1. The lowest BCUT2D eigenvalue weighted by molar-refractivity contribution is 0.0607. The van der Waals surface area contributed by atoms with Crippen molar-refractivity contribution in [1.29, 1.82) is 0 Å². The highest BCUT2D eigenvalue weighted by Crippen LogP contribution is 2.22. The monoisotopic (exact) mass is 324 g/mol. The van der Waals surface area contributed by atoms with Crippen molar-refractivity contribution < 1.29 is 4.79 Å². The number of nitrogens with one attached hydrogen (secondary N) is 1. The average Bonchev–Trinajstić information content (AvgIpc) is 2.62. The first-order valence-electron chi connectivity index (χ1n) is 8.64. The standard InChI is InChI=1S/C19H24N4O/c1-3-17-9-4-5-10-23(17)18(24)15-12-20-19(21-13-15)22-16-8-6-7-14(2)11-16/h6-8,11-13,17H,3-5,9-10H2,1-2H3,(H,20,21,22). The minimum Gasteiger partial charge on any atom is -0.336 e. The molecule has 1 aromatic carbocycles. The highest BCUT2D eigenvalue weighted by Gasteiger charge is 2.26. The lowest BCUT2D eigenvalue weighted by Crippen LogP contribution is -2.43. The van der Waals surface area contributed by atoms with E-state index in [1.165, 1.54) is 12.0 Å². The third-order valence-electron chi connectivity index (χ3n) is 4.53. The lowest BCUT2D eigenvalue weighted by atomic mass is 9.99. The second kappa shape index (κ2) is 7.43. The largest absolute Gasteiger partial charge is 0.336 e. The number of hydrogen-bond acceptors (Lipinski definition) is 4. The first-order valence-corrected chi connectivity index (χ1v) is 8.64. The van der Waals surface area contributed by atoms with Crippen LogP contribution in [0.25, 0.3) is 0 Å². The molecule has 126 valence electrons. The number of benzene rings is 1. The zero-order valence-corrected chi connectivity index (χ0v) is 14.3. The fourth-order valence-corrected chi connectivity index (χ4v) is 3.21. The van der Waals surface area contributed by atoms with Gasteiger partial charge in [-0.15, -0.1) is 0 Å². The van der Waals surface area contributed by atoms with Gasteiger partial charge in [-0.1, -0.05) is 19.1 Å². The fraction of sp³-hybridized carbons (Fsp3) is 0.421. The van der Waals surface area contributed by atoms with Crippen molar-refractivity contribution in [3.05, 3.63) is 47.8 Å². The summed E-state index contributed by atoms with van der Waals surface area (Å²) in [5.41, 5.74) is 2.67. The van der Waals surface area contributed by atoms with Gasteiger partial charge in [-0.2, -0.15) is 0 Å². The summed E-state index contributed by atoms with van der Waals surface area (Å²) in [6, 6.07) is 8.36. The van der Waals surface area contributed by atoms with Crippen LogP contribution in [0.15, 0.2) is 36.7 Å². The Morgan fingerprint density at radius 1 is 1.29 bits per heavy atom. The number of likely N-dealkylation sites (tertiary alicyclic amines) is 1. The van der Waals surface area contributed by atoms with Crippen molar-refractivity contribution in [1.82, 2.24) is 14.9 Å². The van der Waals surface area contributed by atoms with Crippen molar-refractivity contribution >= 4 is 17.5 Å². The molecule has 1 unspecified atom stereocenters. The van der Waals surface area contributed by atoms with E-state index in [1.807, 2.05) is 36.1 Å². The van der Waals surface area contributed by atoms with E-state index in [0.29, 0.717) is 17.6 Å². The van der Waals surface area contributed by atoms with Gasteiger partial charge in [0, 0.05) is 30.7 Å². The summed E-state index contributed by atoms with van der Waals surface area (Å²) < 4.78 is 0. The number of rotatable bonds is 4. The summed E-state index contributed by atoms with van der Waals surface area (Å²) in [6.45, 7) is 5.01. The number of aryl methyl sites for hydroxylation is 1. The third-order valence-corrected chi connectivity index (χ3v) is 4.53. The Morgan fingerprint density at radius 3 is 2.79 bits per heavy atom. The van der Waals surface area contributed by atoms with Gasteiger partial charge in [-0.05, 0) is 50.3 Å². The zero-order valence-electron chi connectivity index (χ0n) is 14.3. The van der Waals surface area contributed by atoms with Crippen LogP contribution in [0.5, 0.6) is 0 Å². The van der Waals surface area contributed by atoms with Gasteiger partial charge in [0.1, 0.15) is 0 Å². The molecule has 1 atom stereocenters. The van der Waals surface area contributed by atoms with E-state index in [-0.39, 0.29) is 5.91 Å². The van der Waals surface area contributed by atoms with E-state index in [4.69, 9.17) is 0 Å². The van der Waals surface area contributed by atoms with Crippen LogP contribution in [0.1, 0.15) is 48.5 Å². The lowest BCUT2D eigenvalue weighted by Gasteiger charge is -2.35. The van der Waals surface area contributed by atoms with Gasteiger partial charge in [0.05, 0.1) is 5.56 Å². The molecule has 2 heterocycles. The number of nitrogens with zero attached hydrogens (tertiary/aromatic N) is 3. The first-order chi connectivity index (χ1) is 11.7. The van der Waals surface area contributed by atoms with E-state index in [9.17, 15) is 4.79 Å². The normalized spacial score (nSPS) is 17.6. The van der Waals surface area contributed by atoms with E-state index >= 15 is 0 Å². The van der Waals surface area contributed by atoms with E-state index in [2.05, 4.69) is 22.2 Å². The van der Waals surface area contributed by atoms with E-state index < -0.39 is 0 Å². The van der Waals surface area contributed by atoms with Gasteiger partial charge >= 0.3 is 0 Å². The van der Waals surface area contributed by atoms with E-state index in [0.717, 1.165) is 31.5 Å². The SMILES string of the molecule is CCC1CCCCN1C(=O)c1cnc(Nc2cccc(C)c2)nc1. The van der Waals surface area contributed by atoms with Crippen LogP contribution in [-0.4, -0.2) is 33.4 Å². The maximum Gasteiger partial charge on any atom is 0.257 e.